The van der Waals surface area contributed by atoms with Gasteiger partial charge in [-0.1, -0.05) is 20.8 Å². The fraction of sp³-hybridized carbons (Fsp3) is 0.400. The summed E-state index contributed by atoms with van der Waals surface area (Å²) in [6, 6.07) is 4.95. The van der Waals surface area contributed by atoms with Crippen LogP contribution in [-0.4, -0.2) is 36.5 Å². The minimum atomic E-state index is -1.01. The Morgan fingerprint density at radius 2 is 1.93 bits per heavy atom. The van der Waals surface area contributed by atoms with Crippen LogP contribution in [0.3, 0.4) is 0 Å². The van der Waals surface area contributed by atoms with E-state index in [2.05, 4.69) is 34.1 Å². The molecule has 0 atom stereocenters. The number of aromatic nitrogens is 4. The van der Waals surface area contributed by atoms with E-state index in [0.717, 1.165) is 36.2 Å². The van der Waals surface area contributed by atoms with Crippen LogP contribution in [0.5, 0.6) is 0 Å². The van der Waals surface area contributed by atoms with E-state index in [-0.39, 0.29) is 23.3 Å². The molecule has 0 saturated heterocycles. The molecular formula is C20H25N5O3. The molecular weight excluding hydrogens is 358 g/mol. The largest absolute Gasteiger partial charge is 0.478 e. The molecule has 8 nitrogen and oxygen atoms in total. The maximum absolute atomic E-state index is 12.7. The number of hydrogen-bond acceptors (Lipinski definition) is 4. The highest BCUT2D eigenvalue weighted by atomic mass is 16.4. The first-order valence-corrected chi connectivity index (χ1v) is 9.51. The fourth-order valence-corrected chi connectivity index (χ4v) is 3.45. The molecule has 0 spiro atoms. The second-order valence-corrected chi connectivity index (χ2v) is 6.75. The molecule has 2 heterocycles. The van der Waals surface area contributed by atoms with Gasteiger partial charge in [-0.2, -0.15) is 0 Å². The number of carbonyl (C=O) groups is 2. The Labute approximate surface area is 163 Å². The summed E-state index contributed by atoms with van der Waals surface area (Å²) in [4.78, 5) is 35.9. The predicted molar refractivity (Wildman–Crippen MR) is 107 cm³/mol. The number of fused-ring (bicyclic) bond motifs is 1. The topological polar surface area (TPSA) is 113 Å². The maximum atomic E-state index is 12.7. The van der Waals surface area contributed by atoms with Gasteiger partial charge in [0.15, 0.2) is 5.82 Å². The molecule has 0 fully saturated rings. The summed E-state index contributed by atoms with van der Waals surface area (Å²) in [5.41, 5.74) is 3.21. The number of aromatic amines is 1. The molecule has 0 radical (unpaired) electrons. The first kappa shape index (κ1) is 19.6. The number of benzene rings is 1. The van der Waals surface area contributed by atoms with E-state index in [4.69, 9.17) is 0 Å². The lowest BCUT2D eigenvalue weighted by atomic mass is 10.1. The van der Waals surface area contributed by atoms with Crippen LogP contribution in [0, 0.1) is 6.92 Å². The van der Waals surface area contributed by atoms with E-state index >= 15 is 0 Å². The standard InChI is InChI=1S/C20H25N5O3/c1-5-13(6-2)25-16-9-8-12(19(27)28)10-15(16)23-20(25)24-18(26)17-21-11(4)14(7-3)22-17/h8-10,13H,5-7H2,1-4H3,(H,21,22)(H,27,28)(H,23,24,26). The molecule has 1 aromatic carbocycles. The van der Waals surface area contributed by atoms with Gasteiger partial charge >= 0.3 is 5.97 Å². The van der Waals surface area contributed by atoms with Gasteiger partial charge in [0.2, 0.25) is 5.95 Å². The van der Waals surface area contributed by atoms with Crippen LogP contribution >= 0.6 is 0 Å². The number of H-pyrrole nitrogens is 1. The predicted octanol–water partition coefficient (Wildman–Crippen LogP) is 3.94. The molecule has 28 heavy (non-hydrogen) atoms. The van der Waals surface area contributed by atoms with Crippen LogP contribution in [0.15, 0.2) is 18.2 Å². The van der Waals surface area contributed by atoms with Crippen LogP contribution in [0.1, 0.15) is 72.0 Å². The average molecular weight is 383 g/mol. The summed E-state index contributed by atoms with van der Waals surface area (Å²) in [7, 11) is 0. The van der Waals surface area contributed by atoms with Crippen molar-refractivity contribution in [3.05, 3.63) is 41.0 Å². The number of carboxylic acids is 1. The number of nitrogens with one attached hydrogen (secondary N) is 2. The molecule has 1 amide bonds. The van der Waals surface area contributed by atoms with Crippen molar-refractivity contribution >= 4 is 28.9 Å². The summed E-state index contributed by atoms with van der Waals surface area (Å²) < 4.78 is 1.97. The van der Waals surface area contributed by atoms with E-state index in [1.165, 1.54) is 6.07 Å². The minimum Gasteiger partial charge on any atom is -0.478 e. The SMILES string of the molecule is CCc1nc(C(=O)Nc2nc3cc(C(=O)O)ccc3n2C(CC)CC)[nH]c1C. The Kier molecular flexibility index (Phi) is 5.48. The molecule has 0 bridgehead atoms. The second kappa shape index (κ2) is 7.84. The van der Waals surface area contributed by atoms with E-state index in [0.29, 0.717) is 11.5 Å². The number of rotatable bonds is 7. The van der Waals surface area contributed by atoms with Crippen molar-refractivity contribution in [2.45, 2.75) is 53.0 Å². The molecule has 8 heteroatoms. The van der Waals surface area contributed by atoms with Gasteiger partial charge in [0.1, 0.15) is 0 Å². The number of imidazole rings is 2. The number of hydrogen-bond donors (Lipinski definition) is 3. The number of carboxylic acid groups (broad SMARTS) is 1. The zero-order valence-corrected chi connectivity index (χ0v) is 16.5. The summed E-state index contributed by atoms with van der Waals surface area (Å²) in [6.45, 7) is 8.01. The monoisotopic (exact) mass is 383 g/mol. The van der Waals surface area contributed by atoms with Gasteiger partial charge in [-0.15, -0.1) is 0 Å². The molecule has 148 valence electrons. The Morgan fingerprint density at radius 3 is 2.50 bits per heavy atom. The van der Waals surface area contributed by atoms with Crippen LogP contribution < -0.4 is 5.32 Å². The van der Waals surface area contributed by atoms with Gasteiger partial charge in [0, 0.05) is 11.7 Å². The Balaban J connectivity index is 2.05. The zero-order chi connectivity index (χ0) is 20.4. The molecule has 3 rings (SSSR count). The highest BCUT2D eigenvalue weighted by Crippen LogP contribution is 2.29. The van der Waals surface area contributed by atoms with Crippen molar-refractivity contribution in [1.82, 2.24) is 19.5 Å². The van der Waals surface area contributed by atoms with Crippen LogP contribution in [0.4, 0.5) is 5.95 Å². The fourth-order valence-electron chi connectivity index (χ4n) is 3.45. The summed E-state index contributed by atoms with van der Waals surface area (Å²) in [6.07, 6.45) is 2.44. The van der Waals surface area contributed by atoms with Crippen molar-refractivity contribution < 1.29 is 14.7 Å². The maximum Gasteiger partial charge on any atom is 0.335 e. The normalized spacial score (nSPS) is 11.3. The minimum absolute atomic E-state index is 0.125. The van der Waals surface area contributed by atoms with Crippen molar-refractivity contribution in [2.24, 2.45) is 0 Å². The molecule has 0 aliphatic heterocycles. The quantitative estimate of drug-likeness (QED) is 0.572. The van der Waals surface area contributed by atoms with Gasteiger partial charge in [0.25, 0.3) is 5.91 Å². The van der Waals surface area contributed by atoms with Gasteiger partial charge in [-0.25, -0.2) is 14.8 Å². The molecule has 0 saturated carbocycles. The highest BCUT2D eigenvalue weighted by molar-refractivity contribution is 6.02. The lowest BCUT2D eigenvalue weighted by molar-refractivity contribution is 0.0696. The second-order valence-electron chi connectivity index (χ2n) is 6.75. The number of amides is 1. The van der Waals surface area contributed by atoms with Gasteiger partial charge < -0.3 is 14.7 Å². The summed E-state index contributed by atoms with van der Waals surface area (Å²) >= 11 is 0. The third-order valence-corrected chi connectivity index (χ3v) is 5.00. The molecule has 3 N–H and O–H groups in total. The number of carbonyl (C=O) groups excluding carboxylic acids is 1. The number of anilines is 1. The number of aryl methyl sites for hydroxylation is 2. The average Bonchev–Trinajstić information content (AvgIpc) is 3.22. The number of nitrogens with zero attached hydrogens (tertiary/aromatic N) is 3. The number of aromatic carboxylic acids is 1. The zero-order valence-electron chi connectivity index (χ0n) is 16.5. The van der Waals surface area contributed by atoms with E-state index < -0.39 is 5.97 Å². The van der Waals surface area contributed by atoms with Crippen LogP contribution in [0.25, 0.3) is 11.0 Å². The Hall–Kier alpha value is -3.16. The van der Waals surface area contributed by atoms with Gasteiger partial charge in [-0.3, -0.25) is 10.1 Å². The van der Waals surface area contributed by atoms with E-state index in [1.807, 2.05) is 18.4 Å². The lowest BCUT2D eigenvalue weighted by Gasteiger charge is -2.18. The Bertz CT molecular complexity index is 1030. The third kappa shape index (κ3) is 3.49. The van der Waals surface area contributed by atoms with Crippen LogP contribution in [0.2, 0.25) is 0 Å². The highest BCUT2D eigenvalue weighted by Gasteiger charge is 2.21. The first-order valence-electron chi connectivity index (χ1n) is 9.51. The lowest BCUT2D eigenvalue weighted by Crippen LogP contribution is -2.19. The van der Waals surface area contributed by atoms with Crippen molar-refractivity contribution in [1.29, 1.82) is 0 Å². The summed E-state index contributed by atoms with van der Waals surface area (Å²) in [5, 5.41) is 12.1. The van der Waals surface area contributed by atoms with Crippen LogP contribution in [-0.2, 0) is 6.42 Å². The molecule has 2 aromatic heterocycles. The molecule has 0 aliphatic rings. The van der Waals surface area contributed by atoms with Crippen molar-refractivity contribution in [3.63, 3.8) is 0 Å². The van der Waals surface area contributed by atoms with Gasteiger partial charge in [-0.05, 0) is 44.4 Å². The Morgan fingerprint density at radius 1 is 1.21 bits per heavy atom. The molecule has 0 aliphatic carbocycles. The molecule has 3 aromatic rings. The summed E-state index contributed by atoms with van der Waals surface area (Å²) in [5.74, 6) is -0.751. The van der Waals surface area contributed by atoms with Crippen molar-refractivity contribution in [2.75, 3.05) is 5.32 Å². The van der Waals surface area contributed by atoms with Crippen molar-refractivity contribution in [3.8, 4) is 0 Å². The molecule has 0 unspecified atom stereocenters. The first-order chi connectivity index (χ1) is 13.4. The van der Waals surface area contributed by atoms with E-state index in [1.54, 1.807) is 12.1 Å². The van der Waals surface area contributed by atoms with Gasteiger partial charge in [0.05, 0.1) is 22.3 Å². The smallest absolute Gasteiger partial charge is 0.335 e. The third-order valence-electron chi connectivity index (χ3n) is 5.00. The van der Waals surface area contributed by atoms with E-state index in [9.17, 15) is 14.7 Å².